The number of hydrogen-bond donors (Lipinski definition) is 2. The zero-order valence-corrected chi connectivity index (χ0v) is 11.2. The summed E-state index contributed by atoms with van der Waals surface area (Å²) in [5, 5.41) is 2.88. The Kier molecular flexibility index (Phi) is 6.85. The van der Waals surface area contributed by atoms with Gasteiger partial charge < -0.3 is 11.1 Å². The molecule has 3 nitrogen and oxygen atoms in total. The number of nitrogens with one attached hydrogen (secondary N) is 1. The van der Waals surface area contributed by atoms with Gasteiger partial charge in [-0.25, -0.2) is 0 Å². The predicted octanol–water partition coefficient (Wildman–Crippen LogP) is 2.36. The zero-order chi connectivity index (χ0) is 12.0. The molecule has 0 spiro atoms. The highest BCUT2D eigenvalue weighted by Crippen LogP contribution is 2.09. The Labute approximate surface area is 109 Å². The lowest BCUT2D eigenvalue weighted by Crippen LogP contribution is -2.49. The van der Waals surface area contributed by atoms with Gasteiger partial charge in [-0.05, 0) is 25.0 Å². The van der Waals surface area contributed by atoms with Gasteiger partial charge in [-0.15, -0.1) is 12.4 Å². The van der Waals surface area contributed by atoms with Gasteiger partial charge in [-0.3, -0.25) is 4.79 Å². The average Bonchev–Trinajstić information content (AvgIpc) is 2.36. The Hall–Kier alpha value is -1.06. The molecule has 4 heteroatoms. The molecular weight excluding hydrogens is 236 g/mol. The Morgan fingerprint density at radius 3 is 2.24 bits per heavy atom. The van der Waals surface area contributed by atoms with E-state index in [1.54, 1.807) is 12.1 Å². The van der Waals surface area contributed by atoms with Crippen LogP contribution < -0.4 is 11.1 Å². The Bertz CT molecular complexity index is 337. The van der Waals surface area contributed by atoms with Crippen molar-refractivity contribution in [3.05, 3.63) is 35.9 Å². The van der Waals surface area contributed by atoms with Crippen LogP contribution >= 0.6 is 12.4 Å². The molecule has 0 fully saturated rings. The molecule has 1 amide bonds. The fourth-order valence-electron chi connectivity index (χ4n) is 1.45. The van der Waals surface area contributed by atoms with Gasteiger partial charge in [-0.2, -0.15) is 0 Å². The van der Waals surface area contributed by atoms with E-state index in [0.29, 0.717) is 12.1 Å². The minimum atomic E-state index is -0.287. The highest BCUT2D eigenvalue weighted by molar-refractivity contribution is 5.94. The topological polar surface area (TPSA) is 55.1 Å². The van der Waals surface area contributed by atoms with Crippen molar-refractivity contribution in [1.29, 1.82) is 0 Å². The second-order valence-corrected chi connectivity index (χ2v) is 4.12. The number of benzene rings is 1. The van der Waals surface area contributed by atoms with Gasteiger partial charge in [0.15, 0.2) is 0 Å². The Morgan fingerprint density at radius 1 is 1.24 bits per heavy atom. The van der Waals surface area contributed by atoms with Gasteiger partial charge in [0.1, 0.15) is 0 Å². The van der Waals surface area contributed by atoms with Crippen molar-refractivity contribution in [3.8, 4) is 0 Å². The average molecular weight is 257 g/mol. The molecule has 0 aliphatic rings. The van der Waals surface area contributed by atoms with Crippen LogP contribution in [0.25, 0.3) is 0 Å². The summed E-state index contributed by atoms with van der Waals surface area (Å²) in [6.45, 7) is 4.60. The van der Waals surface area contributed by atoms with Crippen LogP contribution in [-0.2, 0) is 0 Å². The molecule has 3 N–H and O–H groups in total. The fourth-order valence-corrected chi connectivity index (χ4v) is 1.45. The lowest BCUT2D eigenvalue weighted by Gasteiger charge is -2.26. The molecule has 0 saturated heterocycles. The first-order chi connectivity index (χ1) is 7.61. The molecular formula is C13H21ClN2O. The van der Waals surface area contributed by atoms with E-state index in [1.807, 2.05) is 32.0 Å². The van der Waals surface area contributed by atoms with Crippen LogP contribution in [0.1, 0.15) is 37.0 Å². The van der Waals surface area contributed by atoms with Crippen LogP contribution in [0.3, 0.4) is 0 Å². The molecule has 0 aliphatic heterocycles. The highest BCUT2D eigenvalue weighted by Gasteiger charge is 2.20. The van der Waals surface area contributed by atoms with E-state index in [4.69, 9.17) is 5.73 Å². The van der Waals surface area contributed by atoms with Crippen molar-refractivity contribution in [2.24, 2.45) is 5.73 Å². The number of nitrogens with two attached hydrogens (primary N) is 1. The van der Waals surface area contributed by atoms with E-state index in [9.17, 15) is 4.79 Å². The third kappa shape index (κ3) is 4.75. The minimum Gasteiger partial charge on any atom is -0.350 e. The number of hydrogen-bond acceptors (Lipinski definition) is 2. The molecule has 0 unspecified atom stereocenters. The summed E-state index contributed by atoms with van der Waals surface area (Å²) >= 11 is 0. The van der Waals surface area contributed by atoms with E-state index in [2.05, 4.69) is 5.32 Å². The highest BCUT2D eigenvalue weighted by atomic mass is 35.5. The molecule has 1 aromatic carbocycles. The molecule has 0 bridgehead atoms. The number of carbonyl (C=O) groups is 1. The SMILES string of the molecule is CCC(N)(CC)CNC(=O)c1ccccc1.Cl. The lowest BCUT2D eigenvalue weighted by molar-refractivity contribution is 0.0942. The van der Waals surface area contributed by atoms with E-state index < -0.39 is 0 Å². The Morgan fingerprint density at radius 2 is 1.76 bits per heavy atom. The maximum absolute atomic E-state index is 11.8. The first-order valence-corrected chi connectivity index (χ1v) is 5.73. The number of halogens is 1. The van der Waals surface area contributed by atoms with Gasteiger partial charge in [-0.1, -0.05) is 32.0 Å². The van der Waals surface area contributed by atoms with E-state index in [1.165, 1.54) is 0 Å². The smallest absolute Gasteiger partial charge is 0.251 e. The summed E-state index contributed by atoms with van der Waals surface area (Å²) in [4.78, 5) is 11.8. The van der Waals surface area contributed by atoms with Gasteiger partial charge in [0.2, 0.25) is 0 Å². The third-order valence-corrected chi connectivity index (χ3v) is 3.05. The number of rotatable bonds is 5. The van der Waals surface area contributed by atoms with Crippen LogP contribution in [0.4, 0.5) is 0 Å². The van der Waals surface area contributed by atoms with Crippen LogP contribution in [0, 0.1) is 0 Å². The maximum atomic E-state index is 11.8. The summed E-state index contributed by atoms with van der Waals surface area (Å²) in [6, 6.07) is 9.19. The molecule has 17 heavy (non-hydrogen) atoms. The van der Waals surface area contributed by atoms with Crippen molar-refractivity contribution in [2.45, 2.75) is 32.2 Å². The fraction of sp³-hybridized carbons (Fsp3) is 0.462. The van der Waals surface area contributed by atoms with Crippen molar-refractivity contribution in [2.75, 3.05) is 6.54 Å². The van der Waals surface area contributed by atoms with E-state index in [-0.39, 0.29) is 23.9 Å². The van der Waals surface area contributed by atoms with Gasteiger partial charge in [0.05, 0.1) is 0 Å². The van der Waals surface area contributed by atoms with Crippen molar-refractivity contribution in [1.82, 2.24) is 5.32 Å². The van der Waals surface area contributed by atoms with Crippen molar-refractivity contribution >= 4 is 18.3 Å². The molecule has 1 rings (SSSR count). The number of amides is 1. The summed E-state index contributed by atoms with van der Waals surface area (Å²) in [5.41, 5.74) is 6.50. The van der Waals surface area contributed by atoms with Crippen molar-refractivity contribution < 1.29 is 4.79 Å². The van der Waals surface area contributed by atoms with Gasteiger partial charge in [0.25, 0.3) is 5.91 Å². The normalized spacial score (nSPS) is 10.5. The Balaban J connectivity index is 0.00000256. The predicted molar refractivity (Wildman–Crippen MR) is 73.5 cm³/mol. The molecule has 96 valence electrons. The lowest BCUT2D eigenvalue weighted by atomic mass is 9.94. The maximum Gasteiger partial charge on any atom is 0.251 e. The van der Waals surface area contributed by atoms with E-state index >= 15 is 0 Å². The zero-order valence-electron chi connectivity index (χ0n) is 10.4. The van der Waals surface area contributed by atoms with Crippen LogP contribution in [-0.4, -0.2) is 18.0 Å². The molecule has 0 heterocycles. The van der Waals surface area contributed by atoms with E-state index in [0.717, 1.165) is 12.8 Å². The third-order valence-electron chi connectivity index (χ3n) is 3.05. The first-order valence-electron chi connectivity index (χ1n) is 5.73. The minimum absolute atomic E-state index is 0. The number of carbonyl (C=O) groups excluding carboxylic acids is 1. The quantitative estimate of drug-likeness (QED) is 0.850. The van der Waals surface area contributed by atoms with Crippen LogP contribution in [0.2, 0.25) is 0 Å². The molecule has 0 aromatic heterocycles. The summed E-state index contributed by atoms with van der Waals surface area (Å²) in [7, 11) is 0. The van der Waals surface area contributed by atoms with Crippen molar-refractivity contribution in [3.63, 3.8) is 0 Å². The molecule has 1 aromatic rings. The molecule has 0 aliphatic carbocycles. The van der Waals surface area contributed by atoms with Gasteiger partial charge in [0, 0.05) is 17.6 Å². The molecule has 0 atom stereocenters. The first kappa shape index (κ1) is 15.9. The van der Waals surface area contributed by atoms with Gasteiger partial charge >= 0.3 is 0 Å². The van der Waals surface area contributed by atoms with Crippen LogP contribution in [0.15, 0.2) is 30.3 Å². The molecule has 0 radical (unpaired) electrons. The monoisotopic (exact) mass is 256 g/mol. The summed E-state index contributed by atoms with van der Waals surface area (Å²) in [6.07, 6.45) is 1.72. The second-order valence-electron chi connectivity index (χ2n) is 4.12. The summed E-state index contributed by atoms with van der Waals surface area (Å²) < 4.78 is 0. The standard InChI is InChI=1S/C13H20N2O.ClH/c1-3-13(14,4-2)10-15-12(16)11-8-6-5-7-9-11;/h5-9H,3-4,10,14H2,1-2H3,(H,15,16);1H. The summed E-state index contributed by atoms with van der Waals surface area (Å²) in [5.74, 6) is -0.0580. The molecule has 0 saturated carbocycles. The largest absolute Gasteiger partial charge is 0.350 e. The second kappa shape index (κ2) is 7.30. The van der Waals surface area contributed by atoms with Crippen LogP contribution in [0.5, 0.6) is 0 Å².